The highest BCUT2D eigenvalue weighted by Gasteiger charge is 2.16. The van der Waals surface area contributed by atoms with Crippen molar-refractivity contribution in [3.05, 3.63) is 27.7 Å². The van der Waals surface area contributed by atoms with E-state index in [4.69, 9.17) is 33.0 Å². The molecule has 0 bridgehead atoms. The summed E-state index contributed by atoms with van der Waals surface area (Å²) in [5.41, 5.74) is 0.278. The number of ether oxygens (including phenoxy) is 1. The van der Waals surface area contributed by atoms with Gasteiger partial charge in [-0.1, -0.05) is 23.2 Å². The fourth-order valence-electron chi connectivity index (χ4n) is 1.51. The van der Waals surface area contributed by atoms with E-state index in [2.05, 4.69) is 0 Å². The molecule has 0 aromatic heterocycles. The Hall–Kier alpha value is -1.26. The molecule has 0 aliphatic carbocycles. The lowest BCUT2D eigenvalue weighted by Gasteiger charge is -2.09. The molecule has 1 N–H and O–H groups in total. The molecule has 0 saturated heterocycles. The fraction of sp³-hybridized carbons (Fsp3) is 0.333. The van der Waals surface area contributed by atoms with Crippen LogP contribution in [-0.4, -0.2) is 24.0 Å². The topological polar surface area (TPSA) is 63.6 Å². The van der Waals surface area contributed by atoms with E-state index in [0.29, 0.717) is 5.02 Å². The molecule has 0 amide bonds. The zero-order valence-corrected chi connectivity index (χ0v) is 11.2. The van der Waals surface area contributed by atoms with Crippen LogP contribution in [0, 0.1) is 0 Å². The summed E-state index contributed by atoms with van der Waals surface area (Å²) in [5, 5.41) is 9.10. The van der Waals surface area contributed by atoms with E-state index in [1.165, 1.54) is 19.2 Å². The molecule has 6 heteroatoms. The highest BCUT2D eigenvalue weighted by Crippen LogP contribution is 2.33. The standard InChI is InChI=1S/C12H12Cl2O4/c1-18-12-8(5-7(13)6-9(12)14)10(15)3-2-4-11(16)17/h5-6H,2-4H2,1H3,(H,16,17). The Kier molecular flexibility index (Phi) is 5.44. The van der Waals surface area contributed by atoms with Crippen LogP contribution < -0.4 is 4.74 Å². The summed E-state index contributed by atoms with van der Waals surface area (Å²) in [6.45, 7) is 0. The van der Waals surface area contributed by atoms with Crippen molar-refractivity contribution in [1.82, 2.24) is 0 Å². The summed E-state index contributed by atoms with van der Waals surface area (Å²) < 4.78 is 5.05. The van der Waals surface area contributed by atoms with Gasteiger partial charge in [0.15, 0.2) is 5.78 Å². The van der Waals surface area contributed by atoms with Crippen molar-refractivity contribution >= 4 is 35.0 Å². The average molecular weight is 291 g/mol. The lowest BCUT2D eigenvalue weighted by Crippen LogP contribution is -2.04. The summed E-state index contributed by atoms with van der Waals surface area (Å²) in [4.78, 5) is 22.3. The highest BCUT2D eigenvalue weighted by atomic mass is 35.5. The number of carboxylic acids is 1. The second kappa shape index (κ2) is 6.61. The minimum atomic E-state index is -0.932. The largest absolute Gasteiger partial charge is 0.494 e. The average Bonchev–Trinajstić information content (AvgIpc) is 2.27. The van der Waals surface area contributed by atoms with Crippen LogP contribution in [0.4, 0.5) is 0 Å². The second-order valence-electron chi connectivity index (χ2n) is 3.64. The van der Waals surface area contributed by atoms with E-state index in [1.54, 1.807) is 0 Å². The van der Waals surface area contributed by atoms with E-state index in [9.17, 15) is 9.59 Å². The van der Waals surface area contributed by atoms with Crippen molar-refractivity contribution < 1.29 is 19.4 Å². The number of hydrogen-bond acceptors (Lipinski definition) is 3. The quantitative estimate of drug-likeness (QED) is 0.815. The number of rotatable bonds is 6. The maximum atomic E-state index is 11.9. The normalized spacial score (nSPS) is 10.2. The predicted molar refractivity (Wildman–Crippen MR) is 68.8 cm³/mol. The Labute approximate surface area is 114 Å². The molecule has 98 valence electrons. The van der Waals surface area contributed by atoms with Gasteiger partial charge in [0, 0.05) is 17.9 Å². The number of hydrogen-bond donors (Lipinski definition) is 1. The maximum Gasteiger partial charge on any atom is 0.303 e. The van der Waals surface area contributed by atoms with Crippen molar-refractivity contribution in [2.75, 3.05) is 7.11 Å². The third kappa shape index (κ3) is 3.89. The molecule has 0 heterocycles. The van der Waals surface area contributed by atoms with Crippen molar-refractivity contribution in [2.45, 2.75) is 19.3 Å². The van der Waals surface area contributed by atoms with Crippen LogP contribution in [0.3, 0.4) is 0 Å². The summed E-state index contributed by atoms with van der Waals surface area (Å²) in [6, 6.07) is 2.95. The summed E-state index contributed by atoms with van der Waals surface area (Å²) in [7, 11) is 1.41. The minimum absolute atomic E-state index is 0.0532. The number of methoxy groups -OCH3 is 1. The molecule has 1 aromatic rings. The van der Waals surface area contributed by atoms with E-state index in [0.717, 1.165) is 0 Å². The van der Waals surface area contributed by atoms with Gasteiger partial charge in [0.1, 0.15) is 5.75 Å². The van der Waals surface area contributed by atoms with Crippen molar-refractivity contribution in [2.24, 2.45) is 0 Å². The van der Waals surface area contributed by atoms with Gasteiger partial charge in [-0.25, -0.2) is 0 Å². The highest BCUT2D eigenvalue weighted by molar-refractivity contribution is 6.36. The van der Waals surface area contributed by atoms with Gasteiger partial charge in [-0.2, -0.15) is 0 Å². The van der Waals surface area contributed by atoms with Crippen LogP contribution >= 0.6 is 23.2 Å². The molecule has 0 fully saturated rings. The predicted octanol–water partition coefficient (Wildman–Crippen LogP) is 3.44. The first-order valence-corrected chi connectivity index (χ1v) is 5.99. The molecule has 0 aliphatic heterocycles. The van der Waals surface area contributed by atoms with Crippen molar-refractivity contribution in [3.8, 4) is 5.75 Å². The lowest BCUT2D eigenvalue weighted by molar-refractivity contribution is -0.137. The van der Waals surface area contributed by atoms with Crippen molar-refractivity contribution in [3.63, 3.8) is 0 Å². The molecule has 0 saturated carbocycles. The van der Waals surface area contributed by atoms with Crippen LogP contribution in [0.1, 0.15) is 29.6 Å². The zero-order valence-electron chi connectivity index (χ0n) is 9.70. The van der Waals surface area contributed by atoms with E-state index >= 15 is 0 Å². The van der Waals surface area contributed by atoms with Gasteiger partial charge in [-0.05, 0) is 18.6 Å². The van der Waals surface area contributed by atoms with Crippen LogP contribution in [0.2, 0.25) is 10.0 Å². The first-order valence-electron chi connectivity index (χ1n) is 5.23. The molecular weight excluding hydrogens is 279 g/mol. The SMILES string of the molecule is COc1c(Cl)cc(Cl)cc1C(=O)CCCC(=O)O. The molecule has 1 rings (SSSR count). The van der Waals surface area contributed by atoms with Gasteiger partial charge in [-0.15, -0.1) is 0 Å². The monoisotopic (exact) mass is 290 g/mol. The molecule has 0 aliphatic rings. The van der Waals surface area contributed by atoms with Gasteiger partial charge in [0.25, 0.3) is 0 Å². The number of aliphatic carboxylic acids is 1. The van der Waals surface area contributed by atoms with Crippen LogP contribution in [-0.2, 0) is 4.79 Å². The smallest absolute Gasteiger partial charge is 0.303 e. The van der Waals surface area contributed by atoms with E-state index < -0.39 is 5.97 Å². The maximum absolute atomic E-state index is 11.9. The second-order valence-corrected chi connectivity index (χ2v) is 4.48. The summed E-state index contributed by atoms with van der Waals surface area (Å²) in [5.74, 6) is -0.905. The van der Waals surface area contributed by atoms with Gasteiger partial charge >= 0.3 is 5.97 Å². The number of benzene rings is 1. The molecule has 0 atom stereocenters. The number of carbonyl (C=O) groups excluding carboxylic acids is 1. The molecule has 4 nitrogen and oxygen atoms in total. The van der Waals surface area contributed by atoms with E-state index in [1.807, 2.05) is 0 Å². The minimum Gasteiger partial charge on any atom is -0.494 e. The number of carbonyl (C=O) groups is 2. The molecule has 0 radical (unpaired) electrons. The van der Waals surface area contributed by atoms with E-state index in [-0.39, 0.29) is 41.4 Å². The summed E-state index contributed by atoms with van der Waals surface area (Å²) >= 11 is 11.7. The Morgan fingerprint density at radius 2 is 1.94 bits per heavy atom. The van der Waals surface area contributed by atoms with Gasteiger partial charge in [0.05, 0.1) is 17.7 Å². The Balaban J connectivity index is 2.87. The number of Topliss-reactive ketones (excluding diaryl/α,β-unsaturated/α-hetero) is 1. The third-order valence-electron chi connectivity index (χ3n) is 2.31. The van der Waals surface area contributed by atoms with Crippen molar-refractivity contribution in [1.29, 1.82) is 0 Å². The molecular formula is C12H12Cl2O4. The van der Waals surface area contributed by atoms with Gasteiger partial charge in [-0.3, -0.25) is 9.59 Å². The lowest BCUT2D eigenvalue weighted by atomic mass is 10.0. The molecule has 18 heavy (non-hydrogen) atoms. The first-order chi connectivity index (χ1) is 8.45. The van der Waals surface area contributed by atoms with Crippen LogP contribution in [0.25, 0.3) is 0 Å². The molecule has 1 aromatic carbocycles. The first kappa shape index (κ1) is 14.8. The van der Waals surface area contributed by atoms with Crippen LogP contribution in [0.15, 0.2) is 12.1 Å². The van der Waals surface area contributed by atoms with Crippen LogP contribution in [0.5, 0.6) is 5.75 Å². The third-order valence-corrected chi connectivity index (χ3v) is 2.81. The fourth-order valence-corrected chi connectivity index (χ4v) is 2.08. The zero-order chi connectivity index (χ0) is 13.7. The Morgan fingerprint density at radius 1 is 1.28 bits per heavy atom. The molecule has 0 spiro atoms. The van der Waals surface area contributed by atoms with Gasteiger partial charge in [0.2, 0.25) is 0 Å². The summed E-state index contributed by atoms with van der Waals surface area (Å²) in [6.07, 6.45) is 0.323. The Morgan fingerprint density at radius 3 is 2.50 bits per heavy atom. The van der Waals surface area contributed by atoms with Gasteiger partial charge < -0.3 is 9.84 Å². The Bertz CT molecular complexity index is 471. The number of carboxylic acid groups (broad SMARTS) is 1. The molecule has 0 unspecified atom stereocenters. The number of ketones is 1. The number of halogens is 2.